The predicted octanol–water partition coefficient (Wildman–Crippen LogP) is 6.34. The largest absolute Gasteiger partial charge is 0.392 e. The summed E-state index contributed by atoms with van der Waals surface area (Å²) < 4.78 is 13.7. The lowest BCUT2D eigenvalue weighted by atomic mass is 9.73. The van der Waals surface area contributed by atoms with E-state index in [1.165, 1.54) is 22.8 Å². The van der Waals surface area contributed by atoms with Crippen molar-refractivity contribution in [2.24, 2.45) is 0 Å². The number of hydrogen-bond donors (Lipinski definition) is 2. The molecule has 2 atom stereocenters. The summed E-state index contributed by atoms with van der Waals surface area (Å²) in [7, 11) is 0. The lowest BCUT2D eigenvalue weighted by Gasteiger charge is -2.41. The van der Waals surface area contributed by atoms with Gasteiger partial charge in [0.2, 0.25) is 0 Å². The predicted molar refractivity (Wildman–Crippen MR) is 128 cm³/mol. The molecule has 1 aliphatic rings. The van der Waals surface area contributed by atoms with Gasteiger partial charge in [0.25, 0.3) is 0 Å². The number of halogens is 1. The van der Waals surface area contributed by atoms with E-state index in [0.717, 1.165) is 36.8 Å². The van der Waals surface area contributed by atoms with Crippen LogP contribution < -0.4 is 5.32 Å². The Morgan fingerprint density at radius 2 is 1.97 bits per heavy atom. The van der Waals surface area contributed by atoms with Gasteiger partial charge in [-0.15, -0.1) is 0 Å². The minimum Gasteiger partial charge on any atom is -0.392 e. The highest BCUT2D eigenvalue weighted by Crippen LogP contribution is 2.40. The van der Waals surface area contributed by atoms with Gasteiger partial charge in [0.15, 0.2) is 0 Å². The Morgan fingerprint density at radius 3 is 2.65 bits per heavy atom. The first kappa shape index (κ1) is 23.7. The highest BCUT2D eigenvalue weighted by atomic mass is 19.1. The van der Waals surface area contributed by atoms with Gasteiger partial charge in [-0.2, -0.15) is 0 Å². The number of aliphatic hydroxyl groups is 1. The smallest absolute Gasteiger partial charge is 0.123 e. The van der Waals surface area contributed by atoms with Crippen LogP contribution in [0, 0.1) is 12.7 Å². The highest BCUT2D eigenvalue weighted by molar-refractivity contribution is 5.35. The van der Waals surface area contributed by atoms with E-state index >= 15 is 0 Å². The van der Waals surface area contributed by atoms with Crippen LogP contribution in [0.3, 0.4) is 0 Å². The van der Waals surface area contributed by atoms with Crippen molar-refractivity contribution in [1.82, 2.24) is 5.32 Å². The molecular formula is C28H38FNO. The maximum Gasteiger partial charge on any atom is 0.123 e. The van der Waals surface area contributed by atoms with Gasteiger partial charge >= 0.3 is 0 Å². The zero-order chi connectivity index (χ0) is 22.6. The fraction of sp³-hybridized carbons (Fsp3) is 0.500. The highest BCUT2D eigenvalue weighted by Gasteiger charge is 2.35. The second kappa shape index (κ2) is 9.67. The standard InChI is InChI=1S/C28H38FNO/c1-20-8-7-13-28(18-20,24-10-6-9-23(17-24)27(3,4)5)30-19-26(31)12-11-22-14-21(2)15-25(29)16-22/h6,9-10,14-17,26,30-31H,1,7-8,11-13,18-19H2,2-5H3. The molecular weight excluding hydrogens is 385 g/mol. The van der Waals surface area contributed by atoms with Gasteiger partial charge in [0.05, 0.1) is 6.10 Å². The quantitative estimate of drug-likeness (QED) is 0.509. The zero-order valence-corrected chi connectivity index (χ0v) is 19.6. The lowest BCUT2D eigenvalue weighted by Crippen LogP contribution is -2.47. The molecule has 0 radical (unpaired) electrons. The molecule has 2 N–H and O–H groups in total. The van der Waals surface area contributed by atoms with Gasteiger partial charge in [-0.3, -0.25) is 0 Å². The fourth-order valence-electron chi connectivity index (χ4n) is 4.73. The van der Waals surface area contributed by atoms with Gasteiger partial charge < -0.3 is 10.4 Å². The topological polar surface area (TPSA) is 32.3 Å². The Hall–Kier alpha value is -1.97. The van der Waals surface area contributed by atoms with E-state index in [1.54, 1.807) is 6.07 Å². The summed E-state index contributed by atoms with van der Waals surface area (Å²) in [6.07, 6.45) is 4.90. The lowest BCUT2D eigenvalue weighted by molar-refractivity contribution is 0.137. The summed E-state index contributed by atoms with van der Waals surface area (Å²) in [4.78, 5) is 0. The van der Waals surface area contributed by atoms with E-state index in [4.69, 9.17) is 0 Å². The van der Waals surface area contributed by atoms with Gasteiger partial charge in [-0.05, 0) is 85.3 Å². The van der Waals surface area contributed by atoms with Gasteiger partial charge in [-0.1, -0.05) is 63.3 Å². The second-order valence-corrected chi connectivity index (χ2v) is 10.4. The van der Waals surface area contributed by atoms with Crippen molar-refractivity contribution >= 4 is 0 Å². The first-order valence-corrected chi connectivity index (χ1v) is 11.5. The molecule has 1 fully saturated rings. The molecule has 0 bridgehead atoms. The number of rotatable bonds is 7. The van der Waals surface area contributed by atoms with E-state index in [9.17, 15) is 9.50 Å². The summed E-state index contributed by atoms with van der Waals surface area (Å²) in [6, 6.07) is 14.0. The van der Waals surface area contributed by atoms with Crippen LogP contribution in [-0.4, -0.2) is 17.8 Å². The molecule has 0 saturated heterocycles. The second-order valence-electron chi connectivity index (χ2n) is 10.4. The van der Waals surface area contributed by atoms with E-state index < -0.39 is 6.10 Å². The maximum absolute atomic E-state index is 13.7. The third-order valence-electron chi connectivity index (χ3n) is 6.51. The summed E-state index contributed by atoms with van der Waals surface area (Å²) in [5.41, 5.74) is 5.64. The van der Waals surface area contributed by atoms with Crippen LogP contribution in [0.25, 0.3) is 0 Å². The number of aliphatic hydroxyl groups excluding tert-OH is 1. The van der Waals surface area contributed by atoms with Crippen molar-refractivity contribution < 1.29 is 9.50 Å². The summed E-state index contributed by atoms with van der Waals surface area (Å²) in [5.74, 6) is -0.207. The Labute approximate surface area is 187 Å². The molecule has 1 saturated carbocycles. The molecule has 1 aliphatic carbocycles. The molecule has 2 unspecified atom stereocenters. The van der Waals surface area contributed by atoms with Gasteiger partial charge in [0, 0.05) is 12.1 Å². The minimum atomic E-state index is -0.485. The van der Waals surface area contributed by atoms with Crippen LogP contribution in [0.15, 0.2) is 54.6 Å². The SMILES string of the molecule is C=C1CCCC(NCC(O)CCc2cc(C)cc(F)c2)(c2cccc(C(C)(C)C)c2)C1. The number of hydrogen-bond acceptors (Lipinski definition) is 2. The molecule has 2 aromatic carbocycles. The molecule has 2 nitrogen and oxygen atoms in total. The van der Waals surface area contributed by atoms with E-state index in [2.05, 4.69) is 56.9 Å². The third kappa shape index (κ3) is 6.27. The van der Waals surface area contributed by atoms with Gasteiger partial charge in [0.1, 0.15) is 5.82 Å². The normalized spacial score (nSPS) is 20.6. The Morgan fingerprint density at radius 1 is 1.19 bits per heavy atom. The average molecular weight is 424 g/mol. The van der Waals surface area contributed by atoms with Crippen molar-refractivity contribution in [3.05, 3.63) is 82.7 Å². The Bertz CT molecular complexity index is 893. The molecule has 3 heteroatoms. The summed E-state index contributed by atoms with van der Waals surface area (Å²) >= 11 is 0. The average Bonchev–Trinajstić information content (AvgIpc) is 2.69. The molecule has 2 aromatic rings. The number of benzene rings is 2. The number of aryl methyl sites for hydroxylation is 2. The monoisotopic (exact) mass is 423 g/mol. The van der Waals surface area contributed by atoms with Crippen LogP contribution in [0.1, 0.15) is 75.1 Å². The minimum absolute atomic E-state index is 0.0888. The van der Waals surface area contributed by atoms with Crippen molar-refractivity contribution in [2.75, 3.05) is 6.54 Å². The molecule has 0 heterocycles. The van der Waals surface area contributed by atoms with Crippen LogP contribution in [-0.2, 0) is 17.4 Å². The van der Waals surface area contributed by atoms with E-state index in [-0.39, 0.29) is 16.8 Å². The molecule has 0 aromatic heterocycles. The van der Waals surface area contributed by atoms with Crippen molar-refractivity contribution in [3.8, 4) is 0 Å². The summed E-state index contributed by atoms with van der Waals surface area (Å²) in [5, 5.41) is 14.4. The van der Waals surface area contributed by atoms with E-state index in [1.807, 2.05) is 13.0 Å². The van der Waals surface area contributed by atoms with E-state index in [0.29, 0.717) is 19.4 Å². The number of nitrogens with one attached hydrogen (secondary N) is 1. The van der Waals surface area contributed by atoms with Crippen LogP contribution >= 0.6 is 0 Å². The van der Waals surface area contributed by atoms with Crippen LogP contribution in [0.2, 0.25) is 0 Å². The van der Waals surface area contributed by atoms with Crippen molar-refractivity contribution in [1.29, 1.82) is 0 Å². The van der Waals surface area contributed by atoms with Crippen LogP contribution in [0.4, 0.5) is 4.39 Å². The third-order valence-corrected chi connectivity index (χ3v) is 6.51. The molecule has 0 amide bonds. The Balaban J connectivity index is 1.72. The maximum atomic E-state index is 13.7. The van der Waals surface area contributed by atoms with Crippen molar-refractivity contribution in [3.63, 3.8) is 0 Å². The molecule has 31 heavy (non-hydrogen) atoms. The van der Waals surface area contributed by atoms with Gasteiger partial charge in [-0.25, -0.2) is 4.39 Å². The zero-order valence-electron chi connectivity index (χ0n) is 19.6. The molecule has 3 rings (SSSR count). The fourth-order valence-corrected chi connectivity index (χ4v) is 4.73. The van der Waals surface area contributed by atoms with Crippen molar-refractivity contribution in [2.45, 2.75) is 83.3 Å². The molecule has 0 spiro atoms. The Kier molecular flexibility index (Phi) is 7.39. The summed E-state index contributed by atoms with van der Waals surface area (Å²) in [6.45, 7) is 13.4. The van der Waals surface area contributed by atoms with Crippen LogP contribution in [0.5, 0.6) is 0 Å². The molecule has 168 valence electrons. The first-order valence-electron chi connectivity index (χ1n) is 11.5. The molecule has 0 aliphatic heterocycles. The first-order chi connectivity index (χ1) is 14.6.